The molecule has 0 saturated heterocycles. The molecule has 15 heavy (non-hydrogen) atoms. The van der Waals surface area contributed by atoms with Crippen molar-refractivity contribution in [3.63, 3.8) is 0 Å². The fourth-order valence-electron chi connectivity index (χ4n) is 1.31. The Labute approximate surface area is 95.2 Å². The number of hydrogen-bond donors (Lipinski definition) is 1. The van der Waals surface area contributed by atoms with E-state index in [1.54, 1.807) is 11.8 Å². The molecule has 2 nitrogen and oxygen atoms in total. The lowest BCUT2D eigenvalue weighted by atomic mass is 10.1. The SMILES string of the molecule is Cc1ccc(C)c(CSCCC(N)=O)c1. The maximum atomic E-state index is 10.5. The summed E-state index contributed by atoms with van der Waals surface area (Å²) in [6.45, 7) is 4.21. The average molecular weight is 223 g/mol. The van der Waals surface area contributed by atoms with Gasteiger partial charge in [-0.15, -0.1) is 0 Å². The highest BCUT2D eigenvalue weighted by Crippen LogP contribution is 2.18. The van der Waals surface area contributed by atoms with E-state index in [0.717, 1.165) is 11.5 Å². The van der Waals surface area contributed by atoms with Gasteiger partial charge in [0.1, 0.15) is 0 Å². The molecule has 0 aliphatic carbocycles. The highest BCUT2D eigenvalue weighted by atomic mass is 32.2. The van der Waals surface area contributed by atoms with Crippen molar-refractivity contribution in [2.24, 2.45) is 5.73 Å². The molecule has 1 rings (SSSR count). The first-order valence-electron chi connectivity index (χ1n) is 5.02. The number of benzene rings is 1. The molecule has 0 atom stereocenters. The lowest BCUT2D eigenvalue weighted by Gasteiger charge is -2.06. The van der Waals surface area contributed by atoms with Gasteiger partial charge in [0, 0.05) is 17.9 Å². The Kier molecular flexibility index (Phi) is 4.69. The number of carbonyl (C=O) groups is 1. The molecule has 0 bridgehead atoms. The number of nitrogens with two attached hydrogens (primary N) is 1. The summed E-state index contributed by atoms with van der Waals surface area (Å²) in [7, 11) is 0. The molecule has 2 N–H and O–H groups in total. The summed E-state index contributed by atoms with van der Waals surface area (Å²) in [5.74, 6) is 1.55. The molecule has 3 heteroatoms. The van der Waals surface area contributed by atoms with E-state index >= 15 is 0 Å². The monoisotopic (exact) mass is 223 g/mol. The van der Waals surface area contributed by atoms with Crippen molar-refractivity contribution in [2.75, 3.05) is 5.75 Å². The van der Waals surface area contributed by atoms with Crippen LogP contribution in [0.15, 0.2) is 18.2 Å². The minimum absolute atomic E-state index is 0.219. The summed E-state index contributed by atoms with van der Waals surface area (Å²) in [5, 5.41) is 0. The summed E-state index contributed by atoms with van der Waals surface area (Å²) in [5.41, 5.74) is 9.02. The highest BCUT2D eigenvalue weighted by molar-refractivity contribution is 7.98. The van der Waals surface area contributed by atoms with Crippen molar-refractivity contribution in [1.29, 1.82) is 0 Å². The van der Waals surface area contributed by atoms with E-state index in [2.05, 4.69) is 32.0 Å². The smallest absolute Gasteiger partial charge is 0.218 e. The predicted molar refractivity (Wildman–Crippen MR) is 65.9 cm³/mol. The van der Waals surface area contributed by atoms with E-state index in [9.17, 15) is 4.79 Å². The molecule has 0 aliphatic rings. The summed E-state index contributed by atoms with van der Waals surface area (Å²) in [4.78, 5) is 10.5. The first kappa shape index (κ1) is 12.1. The molecular formula is C12H17NOS. The lowest BCUT2D eigenvalue weighted by molar-refractivity contribution is -0.117. The van der Waals surface area contributed by atoms with Crippen LogP contribution in [0.5, 0.6) is 0 Å². The van der Waals surface area contributed by atoms with Crippen molar-refractivity contribution in [3.05, 3.63) is 34.9 Å². The van der Waals surface area contributed by atoms with Crippen molar-refractivity contribution in [2.45, 2.75) is 26.0 Å². The van der Waals surface area contributed by atoms with Crippen LogP contribution >= 0.6 is 11.8 Å². The molecule has 0 radical (unpaired) electrons. The molecule has 1 aromatic rings. The van der Waals surface area contributed by atoms with Gasteiger partial charge in [0.05, 0.1) is 0 Å². The molecular weight excluding hydrogens is 206 g/mol. The summed E-state index contributed by atoms with van der Waals surface area (Å²) in [6.07, 6.45) is 0.468. The van der Waals surface area contributed by atoms with Crippen LogP contribution in [-0.2, 0) is 10.5 Å². The Morgan fingerprint density at radius 1 is 1.40 bits per heavy atom. The number of thioether (sulfide) groups is 1. The Morgan fingerprint density at radius 3 is 2.80 bits per heavy atom. The summed E-state index contributed by atoms with van der Waals surface area (Å²) in [6, 6.07) is 6.46. The number of primary amides is 1. The Morgan fingerprint density at radius 2 is 2.13 bits per heavy atom. The van der Waals surface area contributed by atoms with Gasteiger partial charge in [0.15, 0.2) is 0 Å². The standard InChI is InChI=1S/C12H17NOS/c1-9-3-4-10(2)11(7-9)8-15-6-5-12(13)14/h3-4,7H,5-6,8H2,1-2H3,(H2,13,14). The van der Waals surface area contributed by atoms with Crippen molar-refractivity contribution in [3.8, 4) is 0 Å². The first-order valence-corrected chi connectivity index (χ1v) is 6.17. The van der Waals surface area contributed by atoms with Crippen molar-refractivity contribution < 1.29 is 4.79 Å². The molecule has 0 spiro atoms. The molecule has 1 aromatic carbocycles. The zero-order valence-corrected chi connectivity index (χ0v) is 10.1. The third kappa shape index (κ3) is 4.38. The van der Waals surface area contributed by atoms with Gasteiger partial charge in [-0.05, 0) is 25.0 Å². The van der Waals surface area contributed by atoms with E-state index < -0.39 is 0 Å². The minimum atomic E-state index is -0.219. The topological polar surface area (TPSA) is 43.1 Å². The minimum Gasteiger partial charge on any atom is -0.370 e. The zero-order chi connectivity index (χ0) is 11.3. The van der Waals surface area contributed by atoms with Gasteiger partial charge in [0.25, 0.3) is 0 Å². The maximum absolute atomic E-state index is 10.5. The molecule has 0 fully saturated rings. The fourth-order valence-corrected chi connectivity index (χ4v) is 2.33. The van der Waals surface area contributed by atoms with Gasteiger partial charge < -0.3 is 5.73 Å². The van der Waals surface area contributed by atoms with Gasteiger partial charge in [-0.3, -0.25) is 4.79 Å². The van der Waals surface area contributed by atoms with E-state index in [0.29, 0.717) is 6.42 Å². The van der Waals surface area contributed by atoms with Crippen LogP contribution in [-0.4, -0.2) is 11.7 Å². The van der Waals surface area contributed by atoms with Gasteiger partial charge in [-0.1, -0.05) is 23.8 Å². The number of amides is 1. The molecule has 0 saturated carbocycles. The lowest BCUT2D eigenvalue weighted by Crippen LogP contribution is -2.10. The fraction of sp³-hybridized carbons (Fsp3) is 0.417. The van der Waals surface area contributed by atoms with Gasteiger partial charge >= 0.3 is 0 Å². The van der Waals surface area contributed by atoms with Gasteiger partial charge in [-0.25, -0.2) is 0 Å². The van der Waals surface area contributed by atoms with E-state index in [4.69, 9.17) is 5.73 Å². The number of carbonyl (C=O) groups excluding carboxylic acids is 1. The second kappa shape index (κ2) is 5.81. The number of aryl methyl sites for hydroxylation is 2. The van der Waals surface area contributed by atoms with Gasteiger partial charge in [0.2, 0.25) is 5.91 Å². The number of hydrogen-bond acceptors (Lipinski definition) is 2. The third-order valence-corrected chi connectivity index (χ3v) is 3.26. The summed E-state index contributed by atoms with van der Waals surface area (Å²) >= 11 is 1.76. The predicted octanol–water partition coefficient (Wildman–Crippen LogP) is 2.41. The Balaban J connectivity index is 2.43. The van der Waals surface area contributed by atoms with Crippen LogP contribution in [0.1, 0.15) is 23.1 Å². The average Bonchev–Trinajstić information content (AvgIpc) is 2.17. The van der Waals surface area contributed by atoms with E-state index in [-0.39, 0.29) is 5.91 Å². The second-order valence-corrected chi connectivity index (χ2v) is 4.80. The first-order chi connectivity index (χ1) is 7.09. The van der Waals surface area contributed by atoms with Crippen LogP contribution in [0.4, 0.5) is 0 Å². The molecule has 0 aliphatic heterocycles. The van der Waals surface area contributed by atoms with Crippen molar-refractivity contribution in [1.82, 2.24) is 0 Å². The molecule has 82 valence electrons. The number of rotatable bonds is 5. The zero-order valence-electron chi connectivity index (χ0n) is 9.25. The normalized spacial score (nSPS) is 10.3. The quantitative estimate of drug-likeness (QED) is 0.779. The van der Waals surface area contributed by atoms with Gasteiger partial charge in [-0.2, -0.15) is 11.8 Å². The van der Waals surface area contributed by atoms with E-state index in [1.165, 1.54) is 16.7 Å². The van der Waals surface area contributed by atoms with Crippen LogP contribution in [0, 0.1) is 13.8 Å². The van der Waals surface area contributed by atoms with Crippen molar-refractivity contribution >= 4 is 17.7 Å². The highest BCUT2D eigenvalue weighted by Gasteiger charge is 2.00. The largest absolute Gasteiger partial charge is 0.370 e. The van der Waals surface area contributed by atoms with E-state index in [1.807, 2.05) is 0 Å². The third-order valence-electron chi connectivity index (χ3n) is 2.25. The molecule has 0 aromatic heterocycles. The summed E-state index contributed by atoms with van der Waals surface area (Å²) < 4.78 is 0. The van der Waals surface area contributed by atoms with Crippen LogP contribution < -0.4 is 5.73 Å². The van der Waals surface area contributed by atoms with Crippen LogP contribution in [0.2, 0.25) is 0 Å². The molecule has 0 heterocycles. The Hall–Kier alpha value is -0.960. The molecule has 1 amide bonds. The maximum Gasteiger partial charge on any atom is 0.218 e. The second-order valence-electron chi connectivity index (χ2n) is 3.70. The van der Waals surface area contributed by atoms with Crippen LogP contribution in [0.3, 0.4) is 0 Å². The van der Waals surface area contributed by atoms with Crippen LogP contribution in [0.25, 0.3) is 0 Å². The Bertz CT molecular complexity index is 349. The molecule has 0 unspecified atom stereocenters.